The quantitative estimate of drug-likeness (QED) is 0.775. The molecule has 0 aromatic heterocycles. The maximum Gasteiger partial charge on any atom is 0.218 e. The van der Waals surface area contributed by atoms with E-state index in [1.54, 1.807) is 22.6 Å². The Bertz CT molecular complexity index is 737. The minimum atomic E-state index is -3.27. The van der Waals surface area contributed by atoms with Crippen LogP contribution in [-0.4, -0.2) is 51.4 Å². The molecule has 1 fully saturated rings. The third kappa shape index (κ3) is 3.70. The second kappa shape index (κ2) is 6.93. The predicted octanol–water partition coefficient (Wildman–Crippen LogP) is 0.933. The van der Waals surface area contributed by atoms with E-state index in [-0.39, 0.29) is 10.8 Å². The van der Waals surface area contributed by atoms with Gasteiger partial charge in [0.05, 0.1) is 5.75 Å². The molecule has 24 heavy (non-hydrogen) atoms. The second-order valence-corrected chi connectivity index (χ2v) is 8.80. The first-order valence-electron chi connectivity index (χ1n) is 8.37. The number of hydrogen-bond acceptors (Lipinski definition) is 4. The molecule has 2 aliphatic heterocycles. The molecule has 0 radical (unpaired) electrons. The van der Waals surface area contributed by atoms with E-state index in [0.717, 1.165) is 42.5 Å². The Labute approximate surface area is 144 Å². The van der Waals surface area contributed by atoms with Crippen molar-refractivity contribution in [2.24, 2.45) is 0 Å². The second-order valence-electron chi connectivity index (χ2n) is 6.83. The summed E-state index contributed by atoms with van der Waals surface area (Å²) in [5.74, 6) is 0.00936. The lowest BCUT2D eigenvalue weighted by atomic mass is 10.0. The SMILES string of the molecule is CN(C)CCC1=C[NH+]([O-])c2ccc(CS(=O)(=O)N3CCCC3)cc21. The van der Waals surface area contributed by atoms with E-state index in [1.165, 1.54) is 0 Å². The molecule has 6 nitrogen and oxygen atoms in total. The van der Waals surface area contributed by atoms with Crippen molar-refractivity contribution in [1.82, 2.24) is 9.21 Å². The highest BCUT2D eigenvalue weighted by Crippen LogP contribution is 2.30. The van der Waals surface area contributed by atoms with Gasteiger partial charge in [0.25, 0.3) is 0 Å². The Morgan fingerprint density at radius 1 is 1.25 bits per heavy atom. The first-order chi connectivity index (χ1) is 11.4. The number of benzene rings is 1. The monoisotopic (exact) mass is 351 g/mol. The molecule has 1 atom stereocenters. The Morgan fingerprint density at radius 2 is 1.96 bits per heavy atom. The van der Waals surface area contributed by atoms with Gasteiger partial charge < -0.3 is 15.2 Å². The highest BCUT2D eigenvalue weighted by molar-refractivity contribution is 7.88. The predicted molar refractivity (Wildman–Crippen MR) is 95.0 cm³/mol. The number of sulfonamides is 1. The van der Waals surface area contributed by atoms with E-state index in [2.05, 4.69) is 4.90 Å². The van der Waals surface area contributed by atoms with Crippen molar-refractivity contribution in [2.75, 3.05) is 33.7 Å². The van der Waals surface area contributed by atoms with Crippen LogP contribution in [0.25, 0.3) is 5.57 Å². The molecule has 1 saturated heterocycles. The van der Waals surface area contributed by atoms with Gasteiger partial charge in [-0.15, -0.1) is 0 Å². The molecule has 132 valence electrons. The third-order valence-corrected chi connectivity index (χ3v) is 6.49. The number of fused-ring (bicyclic) bond motifs is 1. The number of hydroxylamine groups is 1. The summed E-state index contributed by atoms with van der Waals surface area (Å²) in [7, 11) is 0.728. The van der Waals surface area contributed by atoms with Crippen LogP contribution in [0.5, 0.6) is 0 Å². The lowest BCUT2D eigenvalue weighted by Crippen LogP contribution is -2.95. The van der Waals surface area contributed by atoms with Gasteiger partial charge in [-0.25, -0.2) is 12.7 Å². The molecule has 3 rings (SSSR count). The minimum absolute atomic E-state index is 0.00936. The summed E-state index contributed by atoms with van der Waals surface area (Å²) < 4.78 is 26.6. The minimum Gasteiger partial charge on any atom is -0.624 e. The van der Waals surface area contributed by atoms with Gasteiger partial charge in [0, 0.05) is 36.8 Å². The summed E-state index contributed by atoms with van der Waals surface area (Å²) in [4.78, 5) is 2.07. The Balaban J connectivity index is 1.80. The summed E-state index contributed by atoms with van der Waals surface area (Å²) in [6.45, 7) is 2.11. The lowest BCUT2D eigenvalue weighted by Gasteiger charge is -2.17. The first-order valence-corrected chi connectivity index (χ1v) is 9.98. The van der Waals surface area contributed by atoms with Gasteiger partial charge in [-0.1, -0.05) is 6.07 Å². The van der Waals surface area contributed by atoms with Gasteiger partial charge in [-0.2, -0.15) is 0 Å². The average Bonchev–Trinajstić information content (AvgIpc) is 3.14. The zero-order valence-corrected chi connectivity index (χ0v) is 15.1. The van der Waals surface area contributed by atoms with Crippen molar-refractivity contribution >= 4 is 21.3 Å². The maximum absolute atomic E-state index is 12.5. The zero-order chi connectivity index (χ0) is 17.3. The topological polar surface area (TPSA) is 68.1 Å². The molecule has 1 unspecified atom stereocenters. The number of hydrogen-bond donors (Lipinski definition) is 1. The standard InChI is InChI=1S/C17H25N3O3S/c1-18(2)10-7-15-12-20(21)17-6-5-14(11-16(15)17)13-24(22,23)19-8-3-4-9-19/h5-6,11-12,20H,3-4,7-10,13H2,1-2H3. The fourth-order valence-electron chi connectivity index (χ4n) is 3.29. The molecule has 1 aromatic carbocycles. The molecular formula is C17H25N3O3S. The number of rotatable bonds is 6. The van der Waals surface area contributed by atoms with Crippen LogP contribution in [0.15, 0.2) is 24.4 Å². The van der Waals surface area contributed by atoms with Crippen LogP contribution < -0.4 is 5.06 Å². The van der Waals surface area contributed by atoms with Gasteiger partial charge >= 0.3 is 0 Å². The third-order valence-electron chi connectivity index (χ3n) is 4.64. The fraction of sp³-hybridized carbons (Fsp3) is 0.529. The van der Waals surface area contributed by atoms with Crippen LogP contribution in [0.4, 0.5) is 5.69 Å². The summed E-state index contributed by atoms with van der Waals surface area (Å²) in [5.41, 5.74) is 3.34. The highest BCUT2D eigenvalue weighted by Gasteiger charge is 2.27. The van der Waals surface area contributed by atoms with Gasteiger partial charge in [-0.3, -0.25) is 0 Å². The van der Waals surface area contributed by atoms with E-state index in [9.17, 15) is 13.6 Å². The van der Waals surface area contributed by atoms with Crippen molar-refractivity contribution in [3.8, 4) is 0 Å². The first kappa shape index (κ1) is 17.6. The van der Waals surface area contributed by atoms with Gasteiger partial charge in [0.15, 0.2) is 0 Å². The van der Waals surface area contributed by atoms with Crippen molar-refractivity contribution in [2.45, 2.75) is 25.0 Å². The molecule has 1 N–H and O–H groups in total. The van der Waals surface area contributed by atoms with Gasteiger partial charge in [0.2, 0.25) is 10.0 Å². The summed E-state index contributed by atoms with van der Waals surface area (Å²) in [6, 6.07) is 5.42. The maximum atomic E-state index is 12.5. The fourth-order valence-corrected chi connectivity index (χ4v) is 4.89. The van der Waals surface area contributed by atoms with E-state index in [0.29, 0.717) is 18.8 Å². The largest absolute Gasteiger partial charge is 0.624 e. The summed E-state index contributed by atoms with van der Waals surface area (Å²) in [5, 5.41) is 12.1. The molecule has 2 heterocycles. The smallest absolute Gasteiger partial charge is 0.218 e. The van der Waals surface area contributed by atoms with Crippen LogP contribution in [0.3, 0.4) is 0 Å². The van der Waals surface area contributed by atoms with Crippen LogP contribution >= 0.6 is 0 Å². The van der Waals surface area contributed by atoms with Crippen molar-refractivity contribution < 1.29 is 13.5 Å². The average molecular weight is 351 g/mol. The number of nitrogens with one attached hydrogen (secondary N) is 1. The molecular weight excluding hydrogens is 326 g/mol. The Morgan fingerprint density at radius 3 is 2.62 bits per heavy atom. The van der Waals surface area contributed by atoms with Crippen molar-refractivity contribution in [3.63, 3.8) is 0 Å². The lowest BCUT2D eigenvalue weighted by molar-refractivity contribution is -0.710. The molecule has 0 saturated carbocycles. The molecule has 0 amide bonds. The summed E-state index contributed by atoms with van der Waals surface area (Å²) in [6.07, 6.45) is 4.35. The Kier molecular flexibility index (Phi) is 5.08. The highest BCUT2D eigenvalue weighted by atomic mass is 32.2. The summed E-state index contributed by atoms with van der Waals surface area (Å²) >= 11 is 0. The molecule has 2 aliphatic rings. The van der Waals surface area contributed by atoms with Crippen LogP contribution in [0.2, 0.25) is 0 Å². The zero-order valence-electron chi connectivity index (χ0n) is 14.3. The van der Waals surface area contributed by atoms with Crippen LogP contribution in [0.1, 0.15) is 30.4 Å². The molecule has 0 aliphatic carbocycles. The van der Waals surface area contributed by atoms with E-state index < -0.39 is 10.0 Å². The normalized spacial score (nSPS) is 21.3. The van der Waals surface area contributed by atoms with E-state index in [4.69, 9.17) is 0 Å². The number of quaternary nitrogens is 1. The van der Waals surface area contributed by atoms with Crippen molar-refractivity contribution in [1.29, 1.82) is 0 Å². The van der Waals surface area contributed by atoms with Gasteiger partial charge in [0.1, 0.15) is 11.9 Å². The van der Waals surface area contributed by atoms with E-state index in [1.807, 2.05) is 20.2 Å². The van der Waals surface area contributed by atoms with Crippen molar-refractivity contribution in [3.05, 3.63) is 40.7 Å². The molecule has 7 heteroatoms. The number of nitrogens with zero attached hydrogens (tertiary/aromatic N) is 2. The van der Waals surface area contributed by atoms with E-state index >= 15 is 0 Å². The molecule has 0 bridgehead atoms. The van der Waals surface area contributed by atoms with Gasteiger partial charge in [-0.05, 0) is 45.0 Å². The molecule has 1 aromatic rings. The molecule has 0 spiro atoms. The Hall–Kier alpha value is -1.25. The van der Waals surface area contributed by atoms with Crippen LogP contribution in [0, 0.1) is 5.21 Å². The van der Waals surface area contributed by atoms with Crippen LogP contribution in [-0.2, 0) is 15.8 Å².